The third kappa shape index (κ3) is 6.17. The van der Waals surface area contributed by atoms with Crippen LogP contribution in [0.5, 0.6) is 0 Å². The molecule has 0 aliphatic heterocycles. The third-order valence-corrected chi connectivity index (χ3v) is 12.5. The van der Waals surface area contributed by atoms with Crippen LogP contribution in [-0.4, -0.2) is 24.5 Å². The second-order valence-electron chi connectivity index (χ2n) is 16.2. The molecule has 12 rings (SSSR count). The van der Waals surface area contributed by atoms with Crippen molar-refractivity contribution in [2.75, 3.05) is 0 Å². The molecule has 0 spiro atoms. The quantitative estimate of drug-likeness (QED) is 0.153. The summed E-state index contributed by atoms with van der Waals surface area (Å²) in [6.45, 7) is 0. The zero-order valence-electron chi connectivity index (χ0n) is 34.8. The normalized spacial score (nSPS) is 12.5. The van der Waals surface area contributed by atoms with Crippen molar-refractivity contribution in [2.24, 2.45) is 0 Å². The van der Waals surface area contributed by atoms with Crippen LogP contribution < -0.4 is 0 Å². The van der Waals surface area contributed by atoms with Gasteiger partial charge in [0.15, 0.2) is 17.5 Å². The van der Waals surface area contributed by atoms with Gasteiger partial charge in [0.1, 0.15) is 5.82 Å². The number of rotatable bonds is 8. The summed E-state index contributed by atoms with van der Waals surface area (Å²) in [6, 6.07) is 83.7. The van der Waals surface area contributed by atoms with Crippen molar-refractivity contribution in [2.45, 2.75) is 5.41 Å². The van der Waals surface area contributed by atoms with Crippen molar-refractivity contribution in [3.8, 4) is 73.5 Å². The Labute approximate surface area is 371 Å². The summed E-state index contributed by atoms with van der Waals surface area (Å²) in [4.78, 5) is 20.4. The summed E-state index contributed by atoms with van der Waals surface area (Å²) in [5, 5.41) is 0. The topological polar surface area (TPSA) is 56.5 Å². The van der Waals surface area contributed by atoms with E-state index in [1.165, 1.54) is 33.4 Å². The molecule has 1 aliphatic carbocycles. The van der Waals surface area contributed by atoms with E-state index in [0.717, 1.165) is 55.9 Å². The van der Waals surface area contributed by atoms with Crippen molar-refractivity contribution in [1.29, 1.82) is 0 Å². The van der Waals surface area contributed by atoms with E-state index in [9.17, 15) is 0 Å². The Kier molecular flexibility index (Phi) is 8.97. The number of hydrogen-bond acceptors (Lipinski definition) is 4. The molecule has 5 nitrogen and oxygen atoms in total. The average Bonchev–Trinajstić information content (AvgIpc) is 3.91. The molecule has 300 valence electrons. The Morgan fingerprint density at radius 1 is 0.312 bits per heavy atom. The predicted molar refractivity (Wildman–Crippen MR) is 259 cm³/mol. The Morgan fingerprint density at radius 3 is 1.34 bits per heavy atom. The van der Waals surface area contributed by atoms with E-state index in [-0.39, 0.29) is 0 Å². The molecule has 0 radical (unpaired) electrons. The Hall–Kier alpha value is -8.54. The first-order valence-corrected chi connectivity index (χ1v) is 21.6. The fourth-order valence-corrected chi connectivity index (χ4v) is 9.64. The van der Waals surface area contributed by atoms with Crippen molar-refractivity contribution < 1.29 is 0 Å². The molecule has 0 amide bonds. The number of nitrogens with zero attached hydrogens (tertiary/aromatic N) is 5. The first-order chi connectivity index (χ1) is 31.7. The molecule has 11 aromatic rings. The van der Waals surface area contributed by atoms with E-state index in [2.05, 4.69) is 180 Å². The van der Waals surface area contributed by atoms with Gasteiger partial charge in [-0.05, 0) is 87.0 Å². The minimum absolute atomic E-state index is 0.625. The first kappa shape index (κ1) is 37.2. The van der Waals surface area contributed by atoms with Gasteiger partial charge in [-0.25, -0.2) is 19.9 Å². The van der Waals surface area contributed by atoms with Crippen LogP contribution in [0.25, 0.3) is 84.5 Å². The molecule has 0 bridgehead atoms. The van der Waals surface area contributed by atoms with Gasteiger partial charge in [0, 0.05) is 27.9 Å². The van der Waals surface area contributed by atoms with Gasteiger partial charge in [-0.15, -0.1) is 0 Å². The second-order valence-corrected chi connectivity index (χ2v) is 16.2. The second kappa shape index (κ2) is 15.4. The lowest BCUT2D eigenvalue weighted by molar-refractivity contribution is 0.769. The van der Waals surface area contributed by atoms with E-state index in [1.807, 2.05) is 60.7 Å². The highest BCUT2D eigenvalue weighted by molar-refractivity contribution is 5.91. The van der Waals surface area contributed by atoms with Gasteiger partial charge >= 0.3 is 0 Å². The van der Waals surface area contributed by atoms with Crippen LogP contribution in [0.1, 0.15) is 22.3 Å². The van der Waals surface area contributed by atoms with Crippen molar-refractivity contribution in [1.82, 2.24) is 24.5 Å². The SMILES string of the molecule is c1ccc(-c2nc(-c3ccccc3)nc(-c3cccc(-c4ccc5c(c4)C(c4ccccc4)(c4ccccc4)c4cc(-c6nc7ccccc7n6-c6ccccc6)ccc4-5)c3)n2)cc1. The van der Waals surface area contributed by atoms with E-state index in [1.54, 1.807) is 0 Å². The maximum absolute atomic E-state index is 5.31. The number of imidazole rings is 1. The summed E-state index contributed by atoms with van der Waals surface area (Å²) in [7, 11) is 0. The monoisotopic (exact) mass is 817 g/mol. The molecule has 2 heterocycles. The highest BCUT2D eigenvalue weighted by Gasteiger charge is 2.46. The fraction of sp³-hybridized carbons (Fsp3) is 0.0169. The predicted octanol–water partition coefficient (Wildman–Crippen LogP) is 13.9. The number of para-hydroxylation sites is 3. The molecule has 0 fully saturated rings. The highest BCUT2D eigenvalue weighted by Crippen LogP contribution is 2.57. The van der Waals surface area contributed by atoms with Crippen LogP contribution in [-0.2, 0) is 5.41 Å². The molecule has 5 heteroatoms. The van der Waals surface area contributed by atoms with Crippen LogP contribution in [0.15, 0.2) is 237 Å². The van der Waals surface area contributed by atoms with Gasteiger partial charge in [0.25, 0.3) is 0 Å². The summed E-state index contributed by atoms with van der Waals surface area (Å²) >= 11 is 0. The van der Waals surface area contributed by atoms with E-state index < -0.39 is 5.41 Å². The molecule has 0 unspecified atom stereocenters. The van der Waals surface area contributed by atoms with E-state index in [4.69, 9.17) is 19.9 Å². The molecular formula is C59H39N5. The summed E-state index contributed by atoms with van der Waals surface area (Å²) in [5.41, 5.74) is 15.8. The van der Waals surface area contributed by atoms with Gasteiger partial charge in [0.2, 0.25) is 0 Å². The van der Waals surface area contributed by atoms with Gasteiger partial charge in [0.05, 0.1) is 16.4 Å². The zero-order chi connectivity index (χ0) is 42.5. The minimum Gasteiger partial charge on any atom is -0.292 e. The van der Waals surface area contributed by atoms with Crippen molar-refractivity contribution in [3.63, 3.8) is 0 Å². The van der Waals surface area contributed by atoms with Crippen LogP contribution >= 0.6 is 0 Å². The molecule has 0 saturated heterocycles. The maximum atomic E-state index is 5.31. The Balaban J connectivity index is 1.05. The number of fused-ring (bicyclic) bond motifs is 4. The summed E-state index contributed by atoms with van der Waals surface area (Å²) in [5.74, 6) is 2.81. The summed E-state index contributed by atoms with van der Waals surface area (Å²) < 4.78 is 2.29. The fourth-order valence-electron chi connectivity index (χ4n) is 9.64. The molecule has 0 atom stereocenters. The van der Waals surface area contributed by atoms with E-state index >= 15 is 0 Å². The molecule has 2 aromatic heterocycles. The highest BCUT2D eigenvalue weighted by atomic mass is 15.1. The van der Waals surface area contributed by atoms with Gasteiger partial charge < -0.3 is 0 Å². The zero-order valence-corrected chi connectivity index (χ0v) is 34.8. The molecule has 0 saturated carbocycles. The van der Waals surface area contributed by atoms with Gasteiger partial charge in [-0.1, -0.05) is 194 Å². The number of aromatic nitrogens is 5. The minimum atomic E-state index is -0.635. The maximum Gasteiger partial charge on any atom is 0.164 e. The summed E-state index contributed by atoms with van der Waals surface area (Å²) in [6.07, 6.45) is 0. The molecule has 64 heavy (non-hydrogen) atoms. The molecule has 9 aromatic carbocycles. The lowest BCUT2D eigenvalue weighted by Gasteiger charge is -2.34. The lowest BCUT2D eigenvalue weighted by Crippen LogP contribution is -2.28. The van der Waals surface area contributed by atoms with Crippen LogP contribution in [0.3, 0.4) is 0 Å². The Bertz CT molecular complexity index is 3380. The number of hydrogen-bond donors (Lipinski definition) is 0. The third-order valence-electron chi connectivity index (χ3n) is 12.5. The molecule has 0 N–H and O–H groups in total. The Morgan fingerprint density at radius 2 is 0.750 bits per heavy atom. The number of benzene rings is 9. The smallest absolute Gasteiger partial charge is 0.164 e. The first-order valence-electron chi connectivity index (χ1n) is 21.6. The van der Waals surface area contributed by atoms with Gasteiger partial charge in [-0.2, -0.15) is 0 Å². The lowest BCUT2D eigenvalue weighted by atomic mass is 9.67. The molecular weight excluding hydrogens is 779 g/mol. The van der Waals surface area contributed by atoms with E-state index in [0.29, 0.717) is 17.5 Å². The van der Waals surface area contributed by atoms with Crippen LogP contribution in [0.4, 0.5) is 0 Å². The largest absolute Gasteiger partial charge is 0.292 e. The van der Waals surface area contributed by atoms with Gasteiger partial charge in [-0.3, -0.25) is 4.57 Å². The van der Waals surface area contributed by atoms with Crippen LogP contribution in [0.2, 0.25) is 0 Å². The standard InChI is InChI=1S/C59H39N5/c1-6-19-40(20-7-1)55-61-56(41-21-8-2-9-22-41)63-57(62-55)44-24-18-23-42(37-44)43-33-35-49-50-36-34-45(58-60-53-31-16-17-32-54(53)64(58)48-29-14-5-15-30-48)39-52(50)59(51(49)38-43,46-25-10-3-11-26-46)47-27-12-4-13-28-47/h1-39H. The average molecular weight is 818 g/mol. The molecule has 1 aliphatic rings. The van der Waals surface area contributed by atoms with Crippen LogP contribution in [0, 0.1) is 0 Å². The van der Waals surface area contributed by atoms with Crippen molar-refractivity contribution in [3.05, 3.63) is 259 Å². The van der Waals surface area contributed by atoms with Crippen molar-refractivity contribution >= 4 is 11.0 Å².